The molecule has 0 atom stereocenters. The first-order valence-corrected chi connectivity index (χ1v) is 7.19. The molecule has 1 amide bonds. The highest BCUT2D eigenvalue weighted by atomic mass is 16.5. The number of nitrogens with one attached hydrogen (secondary N) is 1. The largest absolute Gasteiger partial charge is 0.497 e. The number of aromatic nitrogens is 3. The van der Waals surface area contributed by atoms with E-state index >= 15 is 0 Å². The van der Waals surface area contributed by atoms with Crippen LogP contribution in [0.1, 0.15) is 16.2 Å². The van der Waals surface area contributed by atoms with Crippen molar-refractivity contribution < 1.29 is 18.8 Å². The van der Waals surface area contributed by atoms with E-state index in [1.807, 2.05) is 0 Å². The first-order chi connectivity index (χ1) is 11.6. The fourth-order valence-corrected chi connectivity index (χ4v) is 1.97. The molecule has 0 bridgehead atoms. The van der Waals surface area contributed by atoms with Crippen molar-refractivity contribution >= 4 is 11.7 Å². The van der Waals surface area contributed by atoms with Crippen molar-refractivity contribution in [2.45, 2.75) is 13.7 Å². The molecule has 1 N–H and O–H groups in total. The van der Waals surface area contributed by atoms with Crippen LogP contribution in [-0.2, 0) is 6.73 Å². The summed E-state index contributed by atoms with van der Waals surface area (Å²) in [6.45, 7) is 1.93. The van der Waals surface area contributed by atoms with E-state index in [2.05, 4.69) is 15.6 Å². The number of hydrogen-bond donors (Lipinski definition) is 1. The Morgan fingerprint density at radius 2 is 2.00 bits per heavy atom. The van der Waals surface area contributed by atoms with E-state index in [0.29, 0.717) is 17.3 Å². The van der Waals surface area contributed by atoms with Gasteiger partial charge in [0.2, 0.25) is 0 Å². The van der Waals surface area contributed by atoms with Crippen LogP contribution in [-0.4, -0.2) is 28.0 Å². The maximum atomic E-state index is 12.1. The summed E-state index contributed by atoms with van der Waals surface area (Å²) >= 11 is 0. The predicted molar refractivity (Wildman–Crippen MR) is 85.0 cm³/mol. The fourth-order valence-electron chi connectivity index (χ4n) is 1.97. The second kappa shape index (κ2) is 6.86. The third kappa shape index (κ3) is 3.72. The molecule has 8 nitrogen and oxygen atoms in total. The number of amides is 1. The molecule has 3 rings (SSSR count). The molecule has 0 spiro atoms. The number of ether oxygens (including phenoxy) is 2. The Morgan fingerprint density at radius 3 is 2.67 bits per heavy atom. The van der Waals surface area contributed by atoms with E-state index in [-0.39, 0.29) is 18.3 Å². The third-order valence-electron chi connectivity index (χ3n) is 3.17. The quantitative estimate of drug-likeness (QED) is 0.747. The highest BCUT2D eigenvalue weighted by Gasteiger charge is 2.12. The van der Waals surface area contributed by atoms with Gasteiger partial charge in [0.25, 0.3) is 5.91 Å². The van der Waals surface area contributed by atoms with Crippen LogP contribution in [0.2, 0.25) is 0 Å². The number of anilines is 1. The minimum Gasteiger partial charge on any atom is -0.497 e. The fraction of sp³-hybridized carbons (Fsp3) is 0.188. The molecule has 0 saturated carbocycles. The molecular formula is C16H16N4O4. The summed E-state index contributed by atoms with van der Waals surface area (Å²) in [7, 11) is 1.60. The Labute approximate surface area is 138 Å². The monoisotopic (exact) mass is 328 g/mol. The SMILES string of the molecule is COc1ccc(OCn2ccc(C(=O)Nc3cc(C)on3)n2)cc1. The van der Waals surface area contributed by atoms with Crippen LogP contribution in [0.25, 0.3) is 0 Å². The van der Waals surface area contributed by atoms with Crippen LogP contribution in [0.5, 0.6) is 11.5 Å². The molecule has 0 aliphatic heterocycles. The highest BCUT2D eigenvalue weighted by molar-refractivity contribution is 6.02. The third-order valence-corrected chi connectivity index (χ3v) is 3.17. The van der Waals surface area contributed by atoms with Crippen molar-refractivity contribution in [3.05, 3.63) is 54.0 Å². The van der Waals surface area contributed by atoms with Gasteiger partial charge >= 0.3 is 0 Å². The van der Waals surface area contributed by atoms with Crippen molar-refractivity contribution in [2.24, 2.45) is 0 Å². The number of carbonyl (C=O) groups excluding carboxylic acids is 1. The lowest BCUT2D eigenvalue weighted by atomic mass is 10.3. The van der Waals surface area contributed by atoms with E-state index in [4.69, 9.17) is 14.0 Å². The normalized spacial score (nSPS) is 10.4. The zero-order valence-corrected chi connectivity index (χ0v) is 13.2. The molecule has 3 aromatic rings. The lowest BCUT2D eigenvalue weighted by Crippen LogP contribution is -2.14. The summed E-state index contributed by atoms with van der Waals surface area (Å²) in [6.07, 6.45) is 1.66. The van der Waals surface area contributed by atoms with Crippen LogP contribution in [0, 0.1) is 6.92 Å². The Hall–Kier alpha value is -3.29. The van der Waals surface area contributed by atoms with Gasteiger partial charge in [0.1, 0.15) is 17.3 Å². The molecule has 0 aliphatic rings. The van der Waals surface area contributed by atoms with Crippen LogP contribution in [0.4, 0.5) is 5.82 Å². The predicted octanol–water partition coefficient (Wildman–Crippen LogP) is 2.48. The molecule has 24 heavy (non-hydrogen) atoms. The molecule has 1 aromatic carbocycles. The Bertz CT molecular complexity index is 823. The lowest BCUT2D eigenvalue weighted by Gasteiger charge is -2.06. The summed E-state index contributed by atoms with van der Waals surface area (Å²) in [5.41, 5.74) is 0.258. The average Bonchev–Trinajstić information content (AvgIpc) is 3.22. The van der Waals surface area contributed by atoms with Gasteiger partial charge in [-0.1, -0.05) is 5.16 Å². The number of hydrogen-bond acceptors (Lipinski definition) is 6. The molecule has 0 saturated heterocycles. The van der Waals surface area contributed by atoms with Crippen LogP contribution in [0.15, 0.2) is 47.1 Å². The van der Waals surface area contributed by atoms with Crippen molar-refractivity contribution in [1.82, 2.24) is 14.9 Å². The Balaban J connectivity index is 1.57. The molecule has 0 fully saturated rings. The Morgan fingerprint density at radius 1 is 1.25 bits per heavy atom. The standard InChI is InChI=1S/C16H16N4O4/c1-11-9-15(19-24-11)17-16(21)14-7-8-20(18-14)10-23-13-5-3-12(22-2)4-6-13/h3-9H,10H2,1-2H3,(H,17,19,21). The molecule has 0 radical (unpaired) electrons. The highest BCUT2D eigenvalue weighted by Crippen LogP contribution is 2.17. The minimum absolute atomic E-state index is 0.183. The van der Waals surface area contributed by atoms with Gasteiger partial charge in [-0.15, -0.1) is 0 Å². The number of aryl methyl sites for hydroxylation is 1. The van der Waals surface area contributed by atoms with Crippen LogP contribution < -0.4 is 14.8 Å². The molecule has 2 heterocycles. The number of carbonyl (C=O) groups is 1. The van der Waals surface area contributed by atoms with E-state index in [9.17, 15) is 4.79 Å². The first kappa shape index (κ1) is 15.6. The number of rotatable bonds is 6. The number of nitrogens with zero attached hydrogens (tertiary/aromatic N) is 3. The summed E-state index contributed by atoms with van der Waals surface area (Å²) in [4.78, 5) is 12.1. The minimum atomic E-state index is -0.369. The van der Waals surface area contributed by atoms with Crippen molar-refractivity contribution in [3.8, 4) is 11.5 Å². The van der Waals surface area contributed by atoms with Gasteiger partial charge in [0.05, 0.1) is 7.11 Å². The molecule has 0 aliphatic carbocycles. The van der Waals surface area contributed by atoms with Crippen molar-refractivity contribution in [2.75, 3.05) is 12.4 Å². The summed E-state index contributed by atoms with van der Waals surface area (Å²) in [5, 5.41) is 10.5. The van der Waals surface area contributed by atoms with Gasteiger partial charge in [-0.05, 0) is 37.3 Å². The second-order valence-corrected chi connectivity index (χ2v) is 4.97. The molecule has 124 valence electrons. The molecule has 2 aromatic heterocycles. The van der Waals surface area contributed by atoms with Gasteiger partial charge in [-0.3, -0.25) is 4.79 Å². The average molecular weight is 328 g/mol. The van der Waals surface area contributed by atoms with E-state index in [0.717, 1.165) is 5.75 Å². The number of benzene rings is 1. The topological polar surface area (TPSA) is 91.4 Å². The Kier molecular flexibility index (Phi) is 4.46. The second-order valence-electron chi connectivity index (χ2n) is 4.97. The van der Waals surface area contributed by atoms with E-state index in [1.165, 1.54) is 4.68 Å². The van der Waals surface area contributed by atoms with Gasteiger partial charge < -0.3 is 19.3 Å². The maximum absolute atomic E-state index is 12.1. The zero-order valence-electron chi connectivity index (χ0n) is 13.2. The van der Waals surface area contributed by atoms with Gasteiger partial charge in [-0.2, -0.15) is 5.10 Å². The van der Waals surface area contributed by atoms with Gasteiger partial charge in [0.15, 0.2) is 18.2 Å². The van der Waals surface area contributed by atoms with Crippen LogP contribution >= 0.6 is 0 Å². The molecular weight excluding hydrogens is 312 g/mol. The van der Waals surface area contributed by atoms with Crippen molar-refractivity contribution in [3.63, 3.8) is 0 Å². The van der Waals surface area contributed by atoms with E-state index in [1.54, 1.807) is 56.6 Å². The molecule has 0 unspecified atom stereocenters. The smallest absolute Gasteiger partial charge is 0.277 e. The summed E-state index contributed by atoms with van der Waals surface area (Å²) in [6, 6.07) is 10.4. The van der Waals surface area contributed by atoms with Crippen LogP contribution in [0.3, 0.4) is 0 Å². The lowest BCUT2D eigenvalue weighted by molar-refractivity contribution is 0.101. The zero-order chi connectivity index (χ0) is 16.9. The van der Waals surface area contributed by atoms with E-state index < -0.39 is 0 Å². The summed E-state index contributed by atoms with van der Waals surface area (Å²) < 4.78 is 17.1. The van der Waals surface area contributed by atoms with Gasteiger partial charge in [-0.25, -0.2) is 4.68 Å². The maximum Gasteiger partial charge on any atom is 0.277 e. The summed E-state index contributed by atoms with van der Waals surface area (Å²) in [5.74, 6) is 2.02. The first-order valence-electron chi connectivity index (χ1n) is 7.19. The van der Waals surface area contributed by atoms with Gasteiger partial charge in [0, 0.05) is 12.3 Å². The number of methoxy groups -OCH3 is 1. The van der Waals surface area contributed by atoms with Crippen molar-refractivity contribution in [1.29, 1.82) is 0 Å². The molecule has 8 heteroatoms.